The summed E-state index contributed by atoms with van der Waals surface area (Å²) in [5.41, 5.74) is 3.82. The number of aromatic nitrogens is 2. The van der Waals surface area contributed by atoms with Crippen LogP contribution in [0.4, 0.5) is 11.4 Å². The van der Waals surface area contributed by atoms with Crippen LogP contribution in [-0.2, 0) is 4.79 Å². The highest BCUT2D eigenvalue weighted by atomic mass is 35.5. The monoisotopic (exact) mass is 464 g/mol. The molecule has 3 aromatic carbocycles. The average Bonchev–Trinajstić information content (AvgIpc) is 2.80. The van der Waals surface area contributed by atoms with Crippen molar-refractivity contribution in [1.82, 2.24) is 9.97 Å². The van der Waals surface area contributed by atoms with E-state index in [1.165, 1.54) is 23.9 Å². The van der Waals surface area contributed by atoms with Gasteiger partial charge in [0.1, 0.15) is 0 Å². The van der Waals surface area contributed by atoms with E-state index in [1.807, 2.05) is 48.5 Å². The molecule has 7 nitrogen and oxygen atoms in total. The molecule has 32 heavy (non-hydrogen) atoms. The molecule has 1 amide bonds. The summed E-state index contributed by atoms with van der Waals surface area (Å²) in [6, 6.07) is 19.4. The number of hydrogen-bond acceptors (Lipinski definition) is 6. The molecule has 4 aromatic rings. The third kappa shape index (κ3) is 5.22. The van der Waals surface area contributed by atoms with Crippen LogP contribution in [0.15, 0.2) is 77.8 Å². The Kier molecular flexibility index (Phi) is 6.63. The molecule has 0 aliphatic rings. The van der Waals surface area contributed by atoms with Crippen LogP contribution >= 0.6 is 23.4 Å². The fourth-order valence-electron chi connectivity index (χ4n) is 3.05. The largest absolute Gasteiger partial charge is 0.326 e. The number of benzene rings is 3. The smallest absolute Gasteiger partial charge is 0.270 e. The van der Waals surface area contributed by atoms with Crippen LogP contribution < -0.4 is 5.32 Å². The third-order valence-electron chi connectivity index (χ3n) is 4.60. The number of para-hydroxylation sites is 2. The topological polar surface area (TPSA) is 98.0 Å². The molecule has 0 radical (unpaired) electrons. The summed E-state index contributed by atoms with van der Waals surface area (Å²) in [6.45, 7) is 0. The van der Waals surface area contributed by atoms with Gasteiger partial charge in [0.2, 0.25) is 5.91 Å². The first kappa shape index (κ1) is 21.7. The number of carbonyl (C=O) groups excluding carboxylic acids is 1. The molecule has 0 unspecified atom stereocenters. The van der Waals surface area contributed by atoms with E-state index in [4.69, 9.17) is 11.6 Å². The normalized spacial score (nSPS) is 10.8. The zero-order chi connectivity index (χ0) is 22.5. The Bertz CT molecular complexity index is 1320. The summed E-state index contributed by atoms with van der Waals surface area (Å²) >= 11 is 7.47. The number of nitro benzene ring substituents is 1. The number of amides is 1. The van der Waals surface area contributed by atoms with E-state index < -0.39 is 4.92 Å². The standard InChI is InChI=1S/C23H17ClN4O3S/c24-18-13-17(28(30)31)8-9-22(18)32-11-10-23(29)26-16-5-3-4-15(12-16)21-14-25-19-6-1-2-7-20(19)27-21/h1-9,12-14H,10-11H2,(H,26,29). The molecule has 0 saturated carbocycles. The van der Waals surface area contributed by atoms with Crippen LogP contribution in [0.25, 0.3) is 22.3 Å². The molecule has 1 heterocycles. The van der Waals surface area contributed by atoms with Crippen LogP contribution in [0.3, 0.4) is 0 Å². The van der Waals surface area contributed by atoms with Crippen molar-refractivity contribution in [3.05, 3.63) is 88.1 Å². The number of carbonyl (C=O) groups is 1. The molecule has 0 bridgehead atoms. The van der Waals surface area contributed by atoms with Gasteiger partial charge in [0.15, 0.2) is 0 Å². The van der Waals surface area contributed by atoms with Gasteiger partial charge in [-0.1, -0.05) is 35.9 Å². The van der Waals surface area contributed by atoms with Crippen LogP contribution in [0.1, 0.15) is 6.42 Å². The van der Waals surface area contributed by atoms with Gasteiger partial charge in [-0.05, 0) is 30.3 Å². The lowest BCUT2D eigenvalue weighted by Crippen LogP contribution is -2.12. The highest BCUT2D eigenvalue weighted by molar-refractivity contribution is 7.99. The number of nitrogens with zero attached hydrogens (tertiary/aromatic N) is 3. The second kappa shape index (κ2) is 9.76. The van der Waals surface area contributed by atoms with Gasteiger partial charge in [-0.15, -0.1) is 11.8 Å². The summed E-state index contributed by atoms with van der Waals surface area (Å²) in [5, 5.41) is 14.0. The highest BCUT2D eigenvalue weighted by Gasteiger charge is 2.11. The number of nitro groups is 1. The Balaban J connectivity index is 1.37. The van der Waals surface area contributed by atoms with E-state index in [0.29, 0.717) is 21.4 Å². The number of thioether (sulfide) groups is 1. The minimum Gasteiger partial charge on any atom is -0.326 e. The van der Waals surface area contributed by atoms with E-state index in [-0.39, 0.29) is 18.0 Å². The van der Waals surface area contributed by atoms with Crippen molar-refractivity contribution in [1.29, 1.82) is 0 Å². The first-order chi connectivity index (χ1) is 15.5. The molecule has 160 valence electrons. The predicted octanol–water partition coefficient (Wildman–Crippen LogP) is 5.98. The lowest BCUT2D eigenvalue weighted by Gasteiger charge is -2.08. The highest BCUT2D eigenvalue weighted by Crippen LogP contribution is 2.31. The Morgan fingerprint density at radius 1 is 1.06 bits per heavy atom. The molecule has 0 saturated heterocycles. The first-order valence-corrected chi connectivity index (χ1v) is 11.0. The number of hydrogen-bond donors (Lipinski definition) is 1. The van der Waals surface area contributed by atoms with E-state index in [9.17, 15) is 14.9 Å². The molecule has 9 heteroatoms. The minimum atomic E-state index is -0.495. The zero-order valence-electron chi connectivity index (χ0n) is 16.7. The number of rotatable bonds is 7. The molecule has 4 rings (SSSR count). The fraction of sp³-hybridized carbons (Fsp3) is 0.0870. The van der Waals surface area contributed by atoms with Crippen molar-refractivity contribution < 1.29 is 9.72 Å². The van der Waals surface area contributed by atoms with Gasteiger partial charge in [-0.3, -0.25) is 19.9 Å². The Morgan fingerprint density at radius 2 is 1.88 bits per heavy atom. The van der Waals surface area contributed by atoms with Crippen LogP contribution in [-0.4, -0.2) is 26.6 Å². The van der Waals surface area contributed by atoms with E-state index in [2.05, 4.69) is 15.3 Å². The van der Waals surface area contributed by atoms with E-state index in [0.717, 1.165) is 22.3 Å². The van der Waals surface area contributed by atoms with Crippen molar-refractivity contribution >= 4 is 51.7 Å². The maximum Gasteiger partial charge on any atom is 0.270 e. The number of nitrogens with one attached hydrogen (secondary N) is 1. The maximum absolute atomic E-state index is 12.4. The Hall–Kier alpha value is -3.49. The number of fused-ring (bicyclic) bond motifs is 1. The van der Waals surface area contributed by atoms with Gasteiger partial charge in [0.05, 0.1) is 32.9 Å². The van der Waals surface area contributed by atoms with Gasteiger partial charge < -0.3 is 5.32 Å². The van der Waals surface area contributed by atoms with Gasteiger partial charge >= 0.3 is 0 Å². The number of anilines is 1. The van der Waals surface area contributed by atoms with Crippen LogP contribution in [0.2, 0.25) is 5.02 Å². The second-order valence-electron chi connectivity index (χ2n) is 6.84. The van der Waals surface area contributed by atoms with Gasteiger partial charge in [-0.25, -0.2) is 4.98 Å². The van der Waals surface area contributed by atoms with E-state index in [1.54, 1.807) is 12.3 Å². The van der Waals surface area contributed by atoms with Crippen molar-refractivity contribution in [2.75, 3.05) is 11.1 Å². The summed E-state index contributed by atoms with van der Waals surface area (Å²) in [5.74, 6) is 0.344. The molecule has 0 fully saturated rings. The lowest BCUT2D eigenvalue weighted by atomic mass is 10.1. The molecular weight excluding hydrogens is 448 g/mol. The molecule has 0 atom stereocenters. The Morgan fingerprint density at radius 3 is 2.66 bits per heavy atom. The van der Waals surface area contributed by atoms with Crippen molar-refractivity contribution in [2.24, 2.45) is 0 Å². The molecule has 0 spiro atoms. The molecule has 0 aliphatic heterocycles. The second-order valence-corrected chi connectivity index (χ2v) is 8.39. The maximum atomic E-state index is 12.4. The quantitative estimate of drug-likeness (QED) is 0.205. The fourth-order valence-corrected chi connectivity index (χ4v) is 4.26. The predicted molar refractivity (Wildman–Crippen MR) is 127 cm³/mol. The molecular formula is C23H17ClN4O3S. The third-order valence-corrected chi connectivity index (χ3v) is 6.10. The zero-order valence-corrected chi connectivity index (χ0v) is 18.3. The molecule has 1 N–H and O–H groups in total. The van der Waals surface area contributed by atoms with Gasteiger partial charge in [0, 0.05) is 40.5 Å². The van der Waals surface area contributed by atoms with Crippen molar-refractivity contribution in [3.8, 4) is 11.3 Å². The number of non-ortho nitro benzene ring substituents is 1. The summed E-state index contributed by atoms with van der Waals surface area (Å²) in [7, 11) is 0. The van der Waals surface area contributed by atoms with Crippen molar-refractivity contribution in [3.63, 3.8) is 0 Å². The average molecular weight is 465 g/mol. The van der Waals surface area contributed by atoms with Gasteiger partial charge in [0.25, 0.3) is 5.69 Å². The Labute approximate surface area is 193 Å². The number of halogens is 1. The van der Waals surface area contributed by atoms with Crippen LogP contribution in [0, 0.1) is 10.1 Å². The minimum absolute atomic E-state index is 0.0620. The lowest BCUT2D eigenvalue weighted by molar-refractivity contribution is -0.384. The molecule has 1 aromatic heterocycles. The SMILES string of the molecule is O=C(CCSc1ccc([N+](=O)[O-])cc1Cl)Nc1cccc(-c2cnc3ccccc3n2)c1. The summed E-state index contributed by atoms with van der Waals surface area (Å²) in [4.78, 5) is 32.5. The van der Waals surface area contributed by atoms with Gasteiger partial charge in [-0.2, -0.15) is 0 Å². The van der Waals surface area contributed by atoms with Crippen molar-refractivity contribution in [2.45, 2.75) is 11.3 Å². The van der Waals surface area contributed by atoms with E-state index >= 15 is 0 Å². The van der Waals surface area contributed by atoms with Crippen LogP contribution in [0.5, 0.6) is 0 Å². The summed E-state index contributed by atoms with van der Waals surface area (Å²) in [6.07, 6.45) is 1.98. The summed E-state index contributed by atoms with van der Waals surface area (Å²) < 4.78 is 0. The molecule has 0 aliphatic carbocycles. The first-order valence-electron chi connectivity index (χ1n) is 9.68.